The molecule has 0 bridgehead atoms. The van der Waals surface area contributed by atoms with E-state index in [4.69, 9.17) is 5.26 Å². The smallest absolute Gasteiger partial charge is 0.0965 e. The average Bonchev–Trinajstić information content (AvgIpc) is 2.72. The molecule has 1 heterocycles. The Morgan fingerprint density at radius 2 is 2.24 bits per heavy atom. The van der Waals surface area contributed by atoms with Gasteiger partial charge >= 0.3 is 0 Å². The van der Waals surface area contributed by atoms with Gasteiger partial charge < -0.3 is 5.32 Å². The Balaban J connectivity index is 2.53. The summed E-state index contributed by atoms with van der Waals surface area (Å²) in [7, 11) is 0. The van der Waals surface area contributed by atoms with Crippen molar-refractivity contribution in [2.24, 2.45) is 0 Å². The summed E-state index contributed by atoms with van der Waals surface area (Å²) in [6.07, 6.45) is 3.43. The molecule has 0 amide bonds. The molecule has 1 atom stereocenters. The van der Waals surface area contributed by atoms with Crippen LogP contribution in [0.25, 0.3) is 0 Å². The Morgan fingerprint density at radius 1 is 1.53 bits per heavy atom. The van der Waals surface area contributed by atoms with Crippen molar-refractivity contribution >= 4 is 0 Å². The van der Waals surface area contributed by atoms with Crippen molar-refractivity contribution in [3.05, 3.63) is 11.9 Å². The van der Waals surface area contributed by atoms with Gasteiger partial charge in [0.2, 0.25) is 0 Å². The van der Waals surface area contributed by atoms with Crippen LogP contribution < -0.4 is 5.32 Å². The second kappa shape index (κ2) is 5.78. The van der Waals surface area contributed by atoms with Crippen LogP contribution in [-0.2, 0) is 12.1 Å². The third-order valence-electron chi connectivity index (χ3n) is 2.63. The zero-order valence-corrected chi connectivity index (χ0v) is 11.1. The maximum absolute atomic E-state index is 8.65. The average molecular weight is 235 g/mol. The largest absolute Gasteiger partial charge is 0.307 e. The molecule has 0 aliphatic carbocycles. The first-order chi connectivity index (χ1) is 7.97. The summed E-state index contributed by atoms with van der Waals surface area (Å²) in [5, 5.41) is 20.2. The van der Waals surface area contributed by atoms with E-state index in [0.717, 1.165) is 12.1 Å². The minimum atomic E-state index is -0.0396. The second-order valence-electron chi connectivity index (χ2n) is 5.17. The van der Waals surface area contributed by atoms with Crippen LogP contribution in [0.3, 0.4) is 0 Å². The van der Waals surface area contributed by atoms with Gasteiger partial charge in [-0.1, -0.05) is 12.1 Å². The highest BCUT2D eigenvalue weighted by molar-refractivity contribution is 4.95. The third kappa shape index (κ3) is 4.16. The topological polar surface area (TPSA) is 66.5 Å². The Kier molecular flexibility index (Phi) is 4.64. The predicted molar refractivity (Wildman–Crippen MR) is 66.2 cm³/mol. The van der Waals surface area contributed by atoms with Gasteiger partial charge in [-0.3, -0.25) is 0 Å². The molecule has 0 aromatic carbocycles. The van der Waals surface area contributed by atoms with Gasteiger partial charge in [-0.05, 0) is 27.2 Å². The lowest BCUT2D eigenvalue weighted by Gasteiger charge is -2.17. The Morgan fingerprint density at radius 3 is 2.71 bits per heavy atom. The fourth-order valence-corrected chi connectivity index (χ4v) is 1.43. The number of nitriles is 1. The standard InChI is InChI=1S/C12H21N5/c1-5-10(6-7-13)14-8-11-9-17(16-15-11)12(2,3)4/h9-10,14H,5-6,8H2,1-4H3. The number of nitrogens with one attached hydrogen (secondary N) is 1. The van der Waals surface area contributed by atoms with Crippen molar-refractivity contribution in [2.75, 3.05) is 0 Å². The SMILES string of the molecule is CCC(CC#N)NCc1cn(C(C)(C)C)nn1. The van der Waals surface area contributed by atoms with E-state index in [9.17, 15) is 0 Å². The van der Waals surface area contributed by atoms with Crippen molar-refractivity contribution < 1.29 is 0 Å². The molecule has 1 aromatic heterocycles. The van der Waals surface area contributed by atoms with E-state index in [1.54, 1.807) is 0 Å². The number of hydrogen-bond donors (Lipinski definition) is 1. The molecule has 0 radical (unpaired) electrons. The fraction of sp³-hybridized carbons (Fsp3) is 0.750. The van der Waals surface area contributed by atoms with E-state index < -0.39 is 0 Å². The van der Waals surface area contributed by atoms with Gasteiger partial charge in [0.15, 0.2) is 0 Å². The molecule has 0 aliphatic heterocycles. The molecular formula is C12H21N5. The van der Waals surface area contributed by atoms with Gasteiger partial charge in [-0.2, -0.15) is 5.26 Å². The Labute approximate surface area is 103 Å². The number of nitrogens with zero attached hydrogens (tertiary/aromatic N) is 4. The molecule has 1 rings (SSSR count). The molecule has 1 N–H and O–H groups in total. The van der Waals surface area contributed by atoms with Crippen LogP contribution in [0.2, 0.25) is 0 Å². The van der Waals surface area contributed by atoms with Gasteiger partial charge in [0.25, 0.3) is 0 Å². The van der Waals surface area contributed by atoms with Crippen molar-refractivity contribution in [1.29, 1.82) is 5.26 Å². The van der Waals surface area contributed by atoms with E-state index in [0.29, 0.717) is 13.0 Å². The summed E-state index contributed by atoms with van der Waals surface area (Å²) in [6, 6.07) is 2.42. The van der Waals surface area contributed by atoms with Gasteiger partial charge in [0.05, 0.1) is 29.9 Å². The lowest BCUT2D eigenvalue weighted by molar-refractivity contribution is 0.346. The highest BCUT2D eigenvalue weighted by Crippen LogP contribution is 2.11. The van der Waals surface area contributed by atoms with Crippen LogP contribution in [0.5, 0.6) is 0 Å². The van der Waals surface area contributed by atoms with E-state index >= 15 is 0 Å². The molecule has 1 unspecified atom stereocenters. The maximum Gasteiger partial charge on any atom is 0.0965 e. The summed E-state index contributed by atoms with van der Waals surface area (Å²) in [5.41, 5.74) is 0.874. The molecule has 5 nitrogen and oxygen atoms in total. The molecule has 5 heteroatoms. The van der Waals surface area contributed by atoms with Crippen molar-refractivity contribution in [1.82, 2.24) is 20.3 Å². The third-order valence-corrected chi connectivity index (χ3v) is 2.63. The van der Waals surface area contributed by atoms with Crippen LogP contribution >= 0.6 is 0 Å². The van der Waals surface area contributed by atoms with Crippen molar-refractivity contribution in [2.45, 2.75) is 58.7 Å². The van der Waals surface area contributed by atoms with E-state index in [2.05, 4.69) is 49.4 Å². The first-order valence-electron chi connectivity index (χ1n) is 5.99. The van der Waals surface area contributed by atoms with Gasteiger partial charge in [-0.15, -0.1) is 5.10 Å². The van der Waals surface area contributed by atoms with Gasteiger partial charge in [0.1, 0.15) is 0 Å². The minimum Gasteiger partial charge on any atom is -0.307 e. The van der Waals surface area contributed by atoms with Gasteiger partial charge in [0, 0.05) is 12.6 Å². The fourth-order valence-electron chi connectivity index (χ4n) is 1.43. The highest BCUT2D eigenvalue weighted by Gasteiger charge is 2.15. The normalized spacial score (nSPS) is 13.4. The van der Waals surface area contributed by atoms with E-state index in [1.165, 1.54) is 0 Å². The lowest BCUT2D eigenvalue weighted by Crippen LogP contribution is -2.27. The molecule has 1 aromatic rings. The molecule has 94 valence electrons. The van der Waals surface area contributed by atoms with Crippen LogP contribution in [0, 0.1) is 11.3 Å². The predicted octanol–water partition coefficient (Wildman–Crippen LogP) is 1.81. The van der Waals surface area contributed by atoms with Crippen molar-refractivity contribution in [3.63, 3.8) is 0 Å². The van der Waals surface area contributed by atoms with Crippen LogP contribution in [0.1, 0.15) is 46.2 Å². The van der Waals surface area contributed by atoms with Crippen LogP contribution in [0.4, 0.5) is 0 Å². The van der Waals surface area contributed by atoms with E-state index in [1.807, 2.05) is 10.9 Å². The lowest BCUT2D eigenvalue weighted by atomic mass is 10.1. The number of aromatic nitrogens is 3. The Hall–Kier alpha value is -1.41. The zero-order valence-electron chi connectivity index (χ0n) is 11.1. The van der Waals surface area contributed by atoms with Crippen LogP contribution in [0.15, 0.2) is 6.20 Å². The van der Waals surface area contributed by atoms with Gasteiger partial charge in [-0.25, -0.2) is 4.68 Å². The summed E-state index contributed by atoms with van der Waals surface area (Å²) in [6.45, 7) is 8.99. The summed E-state index contributed by atoms with van der Waals surface area (Å²) in [4.78, 5) is 0. The molecule has 0 saturated heterocycles. The molecule has 17 heavy (non-hydrogen) atoms. The molecule has 0 spiro atoms. The summed E-state index contributed by atoms with van der Waals surface area (Å²) >= 11 is 0. The zero-order chi connectivity index (χ0) is 12.9. The molecule has 0 saturated carbocycles. The van der Waals surface area contributed by atoms with Crippen LogP contribution in [-0.4, -0.2) is 21.0 Å². The molecule has 0 fully saturated rings. The quantitative estimate of drug-likeness (QED) is 0.845. The van der Waals surface area contributed by atoms with E-state index in [-0.39, 0.29) is 11.6 Å². The molecule has 0 aliphatic rings. The number of rotatable bonds is 5. The molecular weight excluding hydrogens is 214 g/mol. The minimum absolute atomic E-state index is 0.0396. The first kappa shape index (κ1) is 13.7. The number of hydrogen-bond acceptors (Lipinski definition) is 4. The second-order valence-corrected chi connectivity index (χ2v) is 5.17. The Bertz CT molecular complexity index is 382. The first-order valence-corrected chi connectivity index (χ1v) is 5.99. The maximum atomic E-state index is 8.65. The summed E-state index contributed by atoms with van der Waals surface area (Å²) in [5.74, 6) is 0. The highest BCUT2D eigenvalue weighted by atomic mass is 15.4. The monoisotopic (exact) mass is 235 g/mol. The summed E-state index contributed by atoms with van der Waals surface area (Å²) < 4.78 is 1.86. The van der Waals surface area contributed by atoms with Crippen molar-refractivity contribution in [3.8, 4) is 6.07 Å².